The van der Waals surface area contributed by atoms with Crippen LogP contribution in [0.5, 0.6) is 5.88 Å². The summed E-state index contributed by atoms with van der Waals surface area (Å²) in [5.74, 6) is 0.243. The molecule has 0 saturated carbocycles. The zero-order valence-corrected chi connectivity index (χ0v) is 11.3. The number of carbonyl (C=O) groups is 1. The van der Waals surface area contributed by atoms with Gasteiger partial charge in [-0.15, -0.1) is 5.10 Å². The highest BCUT2D eigenvalue weighted by Crippen LogP contribution is 2.17. The van der Waals surface area contributed by atoms with E-state index in [9.17, 15) is 9.59 Å². The number of imidazole rings is 1. The van der Waals surface area contributed by atoms with Crippen molar-refractivity contribution in [3.05, 3.63) is 40.7 Å². The van der Waals surface area contributed by atoms with Crippen molar-refractivity contribution < 1.29 is 9.53 Å². The molecule has 8 heteroatoms. The van der Waals surface area contributed by atoms with Gasteiger partial charge in [0.1, 0.15) is 11.8 Å². The van der Waals surface area contributed by atoms with Crippen LogP contribution in [-0.2, 0) is 0 Å². The smallest absolute Gasteiger partial charge is 0.323 e. The van der Waals surface area contributed by atoms with E-state index in [4.69, 9.17) is 4.74 Å². The Morgan fingerprint density at radius 2 is 2.38 bits per heavy atom. The highest BCUT2D eigenvalue weighted by Gasteiger charge is 2.26. The number of piperidine rings is 1. The molecule has 3 rings (SSSR count). The van der Waals surface area contributed by atoms with Crippen molar-refractivity contribution in [3.63, 3.8) is 0 Å². The van der Waals surface area contributed by atoms with E-state index in [1.54, 1.807) is 23.2 Å². The standard InChI is InChI=1S/C13H15N5O3/c19-12(10-7-14-13(20)16-10)18-6-2-3-9(8-18)21-11-4-1-5-15-17-11/h1,4-5,7,9H,2-3,6,8H2,(H2,14,16,20). The van der Waals surface area contributed by atoms with Crippen molar-refractivity contribution in [2.24, 2.45) is 0 Å². The van der Waals surface area contributed by atoms with E-state index in [0.717, 1.165) is 12.8 Å². The number of likely N-dealkylation sites (tertiary alicyclic amines) is 1. The Balaban J connectivity index is 1.65. The average Bonchev–Trinajstić information content (AvgIpc) is 2.94. The van der Waals surface area contributed by atoms with Crippen LogP contribution in [0.25, 0.3) is 0 Å². The molecule has 3 heterocycles. The molecule has 0 aromatic carbocycles. The summed E-state index contributed by atoms with van der Waals surface area (Å²) in [6.07, 6.45) is 4.53. The highest BCUT2D eigenvalue weighted by atomic mass is 16.5. The molecule has 0 radical (unpaired) electrons. The molecule has 21 heavy (non-hydrogen) atoms. The molecule has 2 aromatic heterocycles. The molecule has 8 nitrogen and oxygen atoms in total. The van der Waals surface area contributed by atoms with E-state index < -0.39 is 0 Å². The Labute approximate surface area is 120 Å². The molecule has 1 atom stereocenters. The molecular formula is C13H15N5O3. The molecule has 2 N–H and O–H groups in total. The van der Waals surface area contributed by atoms with Crippen LogP contribution in [-0.4, -0.2) is 50.2 Å². The fourth-order valence-corrected chi connectivity index (χ4v) is 2.36. The molecule has 0 bridgehead atoms. The van der Waals surface area contributed by atoms with Crippen LogP contribution < -0.4 is 10.4 Å². The Hall–Kier alpha value is -2.64. The molecule has 1 unspecified atom stereocenters. The van der Waals surface area contributed by atoms with E-state index in [2.05, 4.69) is 20.2 Å². The summed E-state index contributed by atoms with van der Waals surface area (Å²) in [4.78, 5) is 29.9. The van der Waals surface area contributed by atoms with Gasteiger partial charge in [-0.1, -0.05) is 0 Å². The molecule has 110 valence electrons. The lowest BCUT2D eigenvalue weighted by atomic mass is 10.1. The van der Waals surface area contributed by atoms with Gasteiger partial charge in [-0.05, 0) is 18.9 Å². The van der Waals surface area contributed by atoms with Crippen LogP contribution in [0.3, 0.4) is 0 Å². The van der Waals surface area contributed by atoms with E-state index in [0.29, 0.717) is 19.0 Å². The summed E-state index contributed by atoms with van der Waals surface area (Å²) >= 11 is 0. The summed E-state index contributed by atoms with van der Waals surface area (Å²) < 4.78 is 5.73. The number of nitrogens with one attached hydrogen (secondary N) is 2. The van der Waals surface area contributed by atoms with E-state index in [-0.39, 0.29) is 23.4 Å². The van der Waals surface area contributed by atoms with Crippen molar-refractivity contribution in [2.75, 3.05) is 13.1 Å². The van der Waals surface area contributed by atoms with Gasteiger partial charge in [-0.2, -0.15) is 5.10 Å². The molecule has 2 aromatic rings. The fraction of sp³-hybridized carbons (Fsp3) is 0.385. The zero-order valence-electron chi connectivity index (χ0n) is 11.3. The average molecular weight is 289 g/mol. The highest BCUT2D eigenvalue weighted by molar-refractivity contribution is 5.92. The van der Waals surface area contributed by atoms with Crippen molar-refractivity contribution in [3.8, 4) is 5.88 Å². The Morgan fingerprint density at radius 1 is 1.48 bits per heavy atom. The molecule has 1 saturated heterocycles. The summed E-state index contributed by atoms with van der Waals surface area (Å²) in [5.41, 5.74) is -0.122. The Bertz CT molecular complexity index is 666. The van der Waals surface area contributed by atoms with Gasteiger partial charge in [0, 0.05) is 25.0 Å². The number of hydrogen-bond acceptors (Lipinski definition) is 5. The van der Waals surface area contributed by atoms with Gasteiger partial charge in [0.05, 0.1) is 6.54 Å². The van der Waals surface area contributed by atoms with Crippen LogP contribution in [0.1, 0.15) is 23.3 Å². The number of ether oxygens (including phenoxy) is 1. The minimum absolute atomic E-state index is 0.120. The number of amides is 1. The monoisotopic (exact) mass is 289 g/mol. The first-order chi connectivity index (χ1) is 10.2. The second-order valence-electron chi connectivity index (χ2n) is 4.85. The maximum atomic E-state index is 12.3. The molecule has 1 aliphatic rings. The first-order valence-electron chi connectivity index (χ1n) is 6.74. The summed E-state index contributed by atoms with van der Waals surface area (Å²) in [6.45, 7) is 1.11. The first-order valence-corrected chi connectivity index (χ1v) is 6.74. The maximum absolute atomic E-state index is 12.3. The predicted octanol–water partition coefficient (Wildman–Crippen LogP) is 0.177. The third kappa shape index (κ3) is 3.10. The number of aromatic nitrogens is 4. The third-order valence-electron chi connectivity index (χ3n) is 3.33. The lowest BCUT2D eigenvalue weighted by Crippen LogP contribution is -2.44. The van der Waals surface area contributed by atoms with Crippen molar-refractivity contribution in [1.82, 2.24) is 25.1 Å². The fourth-order valence-electron chi connectivity index (χ4n) is 2.36. The molecule has 0 aliphatic carbocycles. The van der Waals surface area contributed by atoms with Crippen LogP contribution in [0.4, 0.5) is 0 Å². The van der Waals surface area contributed by atoms with Gasteiger partial charge in [-0.25, -0.2) is 4.79 Å². The second kappa shape index (κ2) is 5.78. The Morgan fingerprint density at radius 3 is 3.10 bits per heavy atom. The number of carbonyl (C=O) groups excluding carboxylic acids is 1. The minimum atomic E-state index is -0.386. The van der Waals surface area contributed by atoms with Gasteiger partial charge in [0.25, 0.3) is 5.91 Å². The predicted molar refractivity (Wildman–Crippen MR) is 73.0 cm³/mol. The van der Waals surface area contributed by atoms with Crippen molar-refractivity contribution >= 4 is 5.91 Å². The summed E-state index contributed by atoms with van der Waals surface area (Å²) in [6, 6.07) is 3.48. The lowest BCUT2D eigenvalue weighted by molar-refractivity contribution is 0.0521. The van der Waals surface area contributed by atoms with E-state index in [1.165, 1.54) is 6.20 Å². The lowest BCUT2D eigenvalue weighted by Gasteiger charge is -2.32. The normalized spacial score (nSPS) is 18.5. The van der Waals surface area contributed by atoms with Crippen LogP contribution >= 0.6 is 0 Å². The van der Waals surface area contributed by atoms with Crippen LogP contribution in [0.15, 0.2) is 29.3 Å². The van der Waals surface area contributed by atoms with E-state index >= 15 is 0 Å². The number of nitrogens with zero attached hydrogens (tertiary/aromatic N) is 3. The van der Waals surface area contributed by atoms with Crippen molar-refractivity contribution in [1.29, 1.82) is 0 Å². The molecule has 1 fully saturated rings. The van der Waals surface area contributed by atoms with Gasteiger partial charge < -0.3 is 19.6 Å². The van der Waals surface area contributed by atoms with Gasteiger partial charge >= 0.3 is 5.69 Å². The van der Waals surface area contributed by atoms with E-state index in [1.807, 2.05) is 0 Å². The SMILES string of the molecule is O=C(c1c[nH]c(=O)[nH]1)N1CCCC(Oc2cccnn2)C1. The Kier molecular flexibility index (Phi) is 3.67. The largest absolute Gasteiger partial charge is 0.471 e. The van der Waals surface area contributed by atoms with Crippen LogP contribution in [0.2, 0.25) is 0 Å². The molecule has 0 spiro atoms. The molecule has 1 amide bonds. The van der Waals surface area contributed by atoms with Gasteiger partial charge in [0.2, 0.25) is 5.88 Å². The van der Waals surface area contributed by atoms with Crippen LogP contribution in [0, 0.1) is 0 Å². The quantitative estimate of drug-likeness (QED) is 0.838. The molecule has 1 aliphatic heterocycles. The number of aromatic amines is 2. The summed E-state index contributed by atoms with van der Waals surface area (Å²) in [5, 5.41) is 7.63. The zero-order chi connectivity index (χ0) is 14.7. The second-order valence-corrected chi connectivity index (χ2v) is 4.85. The number of hydrogen-bond donors (Lipinski definition) is 2. The molecular weight excluding hydrogens is 274 g/mol. The van der Waals surface area contributed by atoms with Gasteiger partial charge in [0.15, 0.2) is 0 Å². The van der Waals surface area contributed by atoms with Gasteiger partial charge in [-0.3, -0.25) is 4.79 Å². The number of rotatable bonds is 3. The summed E-state index contributed by atoms with van der Waals surface area (Å²) in [7, 11) is 0. The third-order valence-corrected chi connectivity index (χ3v) is 3.33. The minimum Gasteiger partial charge on any atom is -0.471 e. The topological polar surface area (TPSA) is 104 Å². The number of H-pyrrole nitrogens is 2. The first kappa shape index (κ1) is 13.3. The van der Waals surface area contributed by atoms with Crippen molar-refractivity contribution in [2.45, 2.75) is 18.9 Å². The maximum Gasteiger partial charge on any atom is 0.323 e.